The van der Waals surface area contributed by atoms with Crippen molar-refractivity contribution < 1.29 is 9.59 Å². The molecule has 2 atom stereocenters. The van der Waals surface area contributed by atoms with Crippen LogP contribution < -0.4 is 5.32 Å². The Balaban J connectivity index is 0.921. The van der Waals surface area contributed by atoms with Crippen LogP contribution in [0.3, 0.4) is 0 Å². The number of aromatic nitrogens is 4. The lowest BCUT2D eigenvalue weighted by Crippen LogP contribution is -2.37. The number of imidazole rings is 1. The fourth-order valence-electron chi connectivity index (χ4n) is 5.85. The zero-order valence-electron chi connectivity index (χ0n) is 21.8. The van der Waals surface area contributed by atoms with Crippen molar-refractivity contribution in [3.8, 4) is 22.1 Å². The zero-order valence-corrected chi connectivity index (χ0v) is 22.6. The van der Waals surface area contributed by atoms with E-state index in [9.17, 15) is 9.59 Å². The summed E-state index contributed by atoms with van der Waals surface area (Å²) in [5.41, 5.74) is 5.33. The van der Waals surface area contributed by atoms with E-state index in [1.165, 1.54) is 0 Å². The molecule has 1 aliphatic carbocycles. The lowest BCUT2D eigenvalue weighted by atomic mass is 10.1. The van der Waals surface area contributed by atoms with E-state index in [4.69, 9.17) is 4.98 Å². The minimum absolute atomic E-state index is 0.0764. The van der Waals surface area contributed by atoms with Crippen molar-refractivity contribution in [1.29, 1.82) is 0 Å². The Kier molecular flexibility index (Phi) is 5.46. The monoisotopic (exact) mass is 556 g/mol. The molecule has 2 fully saturated rings. The first-order valence-corrected chi connectivity index (χ1v) is 14.4. The SMILES string of the molecule is O=C(NC1C2CN(C(=O)c3cccc(-c4nc5ccccc5[nH]4)n3)CC21)c1cccc(-c2nc3ccccc3s2)c1. The Bertz CT molecular complexity index is 1900. The quantitative estimate of drug-likeness (QED) is 0.296. The molecule has 1 aliphatic heterocycles. The van der Waals surface area contributed by atoms with Gasteiger partial charge in [-0.2, -0.15) is 0 Å². The van der Waals surface area contributed by atoms with Crippen molar-refractivity contribution in [1.82, 2.24) is 30.2 Å². The van der Waals surface area contributed by atoms with Gasteiger partial charge in [0.25, 0.3) is 11.8 Å². The summed E-state index contributed by atoms with van der Waals surface area (Å²) in [6.45, 7) is 1.22. The maximum Gasteiger partial charge on any atom is 0.272 e. The fraction of sp³-hybridized carbons (Fsp3) is 0.156. The Hall–Kier alpha value is -4.89. The van der Waals surface area contributed by atoms with Crippen LogP contribution in [-0.4, -0.2) is 55.8 Å². The second kappa shape index (κ2) is 9.35. The molecule has 1 saturated carbocycles. The molecule has 4 heterocycles. The van der Waals surface area contributed by atoms with Gasteiger partial charge in [-0.25, -0.2) is 15.0 Å². The highest BCUT2D eigenvalue weighted by molar-refractivity contribution is 7.21. The standard InChI is InChI=1S/C32H24N6O2S/c39-30(18-7-5-8-19(15-18)31-36-24-11-3-4-14-27(24)41-31)37-28-20-16-38(17-21(20)28)32(40)26-13-6-12-25(33-26)29-34-22-9-1-2-10-23(22)35-29/h1-15,20-21,28H,16-17H2,(H,34,35)(H,37,39). The van der Waals surface area contributed by atoms with Crippen LogP contribution >= 0.6 is 11.3 Å². The maximum atomic E-state index is 13.3. The fourth-order valence-corrected chi connectivity index (χ4v) is 6.81. The van der Waals surface area contributed by atoms with Gasteiger partial charge in [0.2, 0.25) is 0 Å². The van der Waals surface area contributed by atoms with E-state index < -0.39 is 0 Å². The largest absolute Gasteiger partial charge is 0.349 e. The molecule has 6 aromatic rings. The van der Waals surface area contributed by atoms with E-state index in [1.54, 1.807) is 17.4 Å². The molecule has 2 aliphatic rings. The highest BCUT2D eigenvalue weighted by Crippen LogP contribution is 2.46. The molecule has 2 N–H and O–H groups in total. The molecule has 2 amide bonds. The van der Waals surface area contributed by atoms with Crippen molar-refractivity contribution in [3.63, 3.8) is 0 Å². The molecule has 3 aromatic carbocycles. The average Bonchev–Trinajstić information content (AvgIpc) is 3.48. The number of thiazole rings is 1. The van der Waals surface area contributed by atoms with E-state index in [0.29, 0.717) is 35.9 Å². The molecule has 3 aromatic heterocycles. The van der Waals surface area contributed by atoms with Gasteiger partial charge in [0.1, 0.15) is 16.4 Å². The first-order valence-electron chi connectivity index (χ1n) is 13.6. The molecule has 2 unspecified atom stereocenters. The lowest BCUT2D eigenvalue weighted by Gasteiger charge is -2.20. The lowest BCUT2D eigenvalue weighted by molar-refractivity contribution is 0.0764. The molecule has 41 heavy (non-hydrogen) atoms. The molecule has 0 radical (unpaired) electrons. The third kappa shape index (κ3) is 4.25. The predicted octanol–water partition coefficient (Wildman–Crippen LogP) is 5.40. The number of para-hydroxylation sites is 3. The number of carbonyl (C=O) groups excluding carboxylic acids is 2. The molecule has 200 valence electrons. The Morgan fingerprint density at radius 1 is 0.829 bits per heavy atom. The number of hydrogen-bond acceptors (Lipinski definition) is 6. The van der Waals surface area contributed by atoms with Crippen LogP contribution in [0, 0.1) is 11.8 Å². The number of pyridine rings is 1. The Morgan fingerprint density at radius 3 is 2.44 bits per heavy atom. The Labute approximate surface area is 239 Å². The van der Waals surface area contributed by atoms with Gasteiger partial charge in [-0.1, -0.05) is 42.5 Å². The zero-order chi connectivity index (χ0) is 27.5. The second-order valence-electron chi connectivity index (χ2n) is 10.6. The average molecular weight is 557 g/mol. The van der Waals surface area contributed by atoms with Gasteiger partial charge in [0.15, 0.2) is 5.82 Å². The second-order valence-corrected chi connectivity index (χ2v) is 11.6. The van der Waals surface area contributed by atoms with Gasteiger partial charge in [0.05, 0.1) is 21.3 Å². The predicted molar refractivity (Wildman–Crippen MR) is 159 cm³/mol. The number of nitrogens with zero attached hydrogens (tertiary/aromatic N) is 4. The van der Waals surface area contributed by atoms with Crippen LogP contribution in [0.2, 0.25) is 0 Å². The molecule has 8 rings (SSSR count). The third-order valence-electron chi connectivity index (χ3n) is 8.04. The number of nitrogens with one attached hydrogen (secondary N) is 2. The van der Waals surface area contributed by atoms with Crippen molar-refractivity contribution in [2.45, 2.75) is 6.04 Å². The van der Waals surface area contributed by atoms with E-state index in [2.05, 4.69) is 26.3 Å². The van der Waals surface area contributed by atoms with Crippen molar-refractivity contribution >= 4 is 44.4 Å². The van der Waals surface area contributed by atoms with E-state index >= 15 is 0 Å². The smallest absolute Gasteiger partial charge is 0.272 e. The number of fused-ring (bicyclic) bond motifs is 3. The minimum Gasteiger partial charge on any atom is -0.349 e. The van der Waals surface area contributed by atoms with Crippen LogP contribution in [-0.2, 0) is 0 Å². The van der Waals surface area contributed by atoms with Crippen LogP contribution in [0.4, 0.5) is 0 Å². The maximum absolute atomic E-state index is 13.3. The third-order valence-corrected chi connectivity index (χ3v) is 9.13. The summed E-state index contributed by atoms with van der Waals surface area (Å²) in [6, 6.07) is 29.0. The van der Waals surface area contributed by atoms with Gasteiger partial charge >= 0.3 is 0 Å². The highest BCUT2D eigenvalue weighted by Gasteiger charge is 2.57. The summed E-state index contributed by atoms with van der Waals surface area (Å²) < 4.78 is 1.12. The summed E-state index contributed by atoms with van der Waals surface area (Å²) in [5, 5.41) is 4.10. The number of amides is 2. The van der Waals surface area contributed by atoms with E-state index in [-0.39, 0.29) is 29.7 Å². The molecular weight excluding hydrogens is 532 g/mol. The molecule has 0 spiro atoms. The summed E-state index contributed by atoms with van der Waals surface area (Å²) >= 11 is 1.62. The van der Waals surface area contributed by atoms with Crippen molar-refractivity contribution in [2.75, 3.05) is 13.1 Å². The molecule has 8 nitrogen and oxygen atoms in total. The highest BCUT2D eigenvalue weighted by atomic mass is 32.1. The number of H-pyrrole nitrogens is 1. The van der Waals surface area contributed by atoms with Crippen molar-refractivity contribution in [2.24, 2.45) is 11.8 Å². The van der Waals surface area contributed by atoms with E-state index in [0.717, 1.165) is 31.8 Å². The number of aromatic amines is 1. The minimum atomic E-state index is -0.0937. The summed E-state index contributed by atoms with van der Waals surface area (Å²) in [6.07, 6.45) is 0. The number of rotatable bonds is 5. The van der Waals surface area contributed by atoms with Gasteiger partial charge in [-0.05, 0) is 48.5 Å². The van der Waals surface area contributed by atoms with Gasteiger partial charge < -0.3 is 15.2 Å². The molecule has 0 bridgehead atoms. The number of benzene rings is 3. The number of carbonyl (C=O) groups is 2. The number of hydrogen-bond donors (Lipinski definition) is 2. The molecular formula is C32H24N6O2S. The van der Waals surface area contributed by atoms with Gasteiger partial charge in [0, 0.05) is 42.1 Å². The van der Waals surface area contributed by atoms with Crippen LogP contribution in [0.15, 0.2) is 91.0 Å². The normalized spacial score (nSPS) is 19.4. The van der Waals surface area contributed by atoms with Gasteiger partial charge in [-0.15, -0.1) is 11.3 Å². The summed E-state index contributed by atoms with van der Waals surface area (Å²) in [7, 11) is 0. The first kappa shape index (κ1) is 24.0. The summed E-state index contributed by atoms with van der Waals surface area (Å²) in [4.78, 5) is 45.5. The first-order chi connectivity index (χ1) is 20.1. The van der Waals surface area contributed by atoms with Crippen LogP contribution in [0.5, 0.6) is 0 Å². The topological polar surface area (TPSA) is 104 Å². The molecule has 1 saturated heterocycles. The number of piperidine rings is 1. The van der Waals surface area contributed by atoms with Crippen molar-refractivity contribution in [3.05, 3.63) is 102 Å². The van der Waals surface area contributed by atoms with E-state index in [1.807, 2.05) is 83.8 Å². The van der Waals surface area contributed by atoms with Crippen LogP contribution in [0.1, 0.15) is 20.8 Å². The van der Waals surface area contributed by atoms with Crippen LogP contribution in [0.25, 0.3) is 43.3 Å². The van der Waals surface area contributed by atoms with Gasteiger partial charge in [-0.3, -0.25) is 9.59 Å². The summed E-state index contributed by atoms with van der Waals surface area (Å²) in [5.74, 6) is 0.970. The Morgan fingerprint density at radius 2 is 1.61 bits per heavy atom. The molecule has 9 heteroatoms. The number of likely N-dealkylation sites (tertiary alicyclic amines) is 1.